The van der Waals surface area contributed by atoms with E-state index >= 15 is 0 Å². The van der Waals surface area contributed by atoms with Crippen molar-refractivity contribution >= 4 is 5.78 Å². The molecule has 0 spiro atoms. The number of hydrogen-bond donors (Lipinski definition) is 2. The molecule has 0 aliphatic heterocycles. The number of rotatable bonds is 4. The molecule has 2 N–H and O–H groups in total. The van der Waals surface area contributed by atoms with E-state index in [2.05, 4.69) is 27.7 Å². The third-order valence-corrected chi connectivity index (χ3v) is 7.91. The highest BCUT2D eigenvalue weighted by atomic mass is 16.3. The van der Waals surface area contributed by atoms with Gasteiger partial charge in [-0.15, -0.1) is 0 Å². The summed E-state index contributed by atoms with van der Waals surface area (Å²) in [7, 11) is 0. The van der Waals surface area contributed by atoms with Gasteiger partial charge in [0.1, 0.15) is 5.78 Å². The number of carbonyl (C=O) groups excluding carboxylic acids is 1. The van der Waals surface area contributed by atoms with E-state index in [0.717, 1.165) is 25.7 Å². The van der Waals surface area contributed by atoms with Gasteiger partial charge in [-0.1, -0.05) is 34.6 Å². The minimum atomic E-state index is -0.661. The zero-order chi connectivity index (χ0) is 17.6. The van der Waals surface area contributed by atoms with Crippen LogP contribution in [-0.2, 0) is 4.79 Å². The lowest BCUT2D eigenvalue weighted by Gasteiger charge is -2.61. The van der Waals surface area contributed by atoms with E-state index in [1.807, 2.05) is 13.8 Å². The maximum atomic E-state index is 12.3. The van der Waals surface area contributed by atoms with Crippen LogP contribution in [-0.4, -0.2) is 27.7 Å². The molecule has 0 aromatic rings. The van der Waals surface area contributed by atoms with Crippen LogP contribution in [0.3, 0.4) is 0 Å². The van der Waals surface area contributed by atoms with Crippen molar-refractivity contribution in [3.05, 3.63) is 0 Å². The predicted molar refractivity (Wildman–Crippen MR) is 93.0 cm³/mol. The van der Waals surface area contributed by atoms with Gasteiger partial charge in [-0.25, -0.2) is 0 Å². The summed E-state index contributed by atoms with van der Waals surface area (Å²) < 4.78 is 0. The topological polar surface area (TPSA) is 57.5 Å². The van der Waals surface area contributed by atoms with Crippen molar-refractivity contribution in [2.45, 2.75) is 91.8 Å². The summed E-state index contributed by atoms with van der Waals surface area (Å²) in [6.45, 7) is 12.7. The Hall–Kier alpha value is -0.410. The summed E-state index contributed by atoms with van der Waals surface area (Å²) in [6.07, 6.45) is 4.10. The zero-order valence-electron chi connectivity index (χ0n) is 15.9. The van der Waals surface area contributed by atoms with Crippen LogP contribution in [0.1, 0.15) is 80.1 Å². The number of carbonyl (C=O) groups is 1. The van der Waals surface area contributed by atoms with Crippen LogP contribution in [0.4, 0.5) is 0 Å². The maximum absolute atomic E-state index is 12.3. The van der Waals surface area contributed by atoms with Crippen molar-refractivity contribution in [1.82, 2.24) is 0 Å². The van der Waals surface area contributed by atoms with Gasteiger partial charge < -0.3 is 10.2 Å². The first-order chi connectivity index (χ1) is 10.5. The standard InChI is InChI=1S/C20H36O3/c1-7-18(4,23)8-9-19(5)14(3)16(22)12-20(6)13(2)10-15(21)11-17(19)20/h13-14,16-17,22-23H,7-12H2,1-6H3/t13?,14-,16-,17+,18+,19+,20-/m0/s1. The van der Waals surface area contributed by atoms with E-state index in [-0.39, 0.29) is 22.9 Å². The Labute approximate surface area is 141 Å². The van der Waals surface area contributed by atoms with Crippen LogP contribution in [0.25, 0.3) is 0 Å². The molecular formula is C20H36O3. The van der Waals surface area contributed by atoms with Gasteiger partial charge in [-0.2, -0.15) is 0 Å². The molecule has 0 aromatic heterocycles. The average molecular weight is 325 g/mol. The molecule has 134 valence electrons. The quantitative estimate of drug-likeness (QED) is 0.823. The molecule has 2 aliphatic carbocycles. The lowest BCUT2D eigenvalue weighted by molar-refractivity contribution is -0.171. The summed E-state index contributed by atoms with van der Waals surface area (Å²) in [5.41, 5.74) is -0.742. The molecule has 0 heterocycles. The van der Waals surface area contributed by atoms with Crippen LogP contribution in [0.2, 0.25) is 0 Å². The normalized spacial score (nSPS) is 47.0. The Bertz CT molecular complexity index is 458. The fourth-order valence-corrected chi connectivity index (χ4v) is 5.29. The number of aliphatic hydroxyl groups excluding tert-OH is 1. The van der Waals surface area contributed by atoms with E-state index in [9.17, 15) is 15.0 Å². The van der Waals surface area contributed by atoms with Crippen molar-refractivity contribution in [2.75, 3.05) is 0 Å². The molecule has 2 aliphatic rings. The van der Waals surface area contributed by atoms with E-state index in [1.165, 1.54) is 0 Å². The van der Waals surface area contributed by atoms with E-state index in [4.69, 9.17) is 0 Å². The second-order valence-corrected chi connectivity index (χ2v) is 9.32. The van der Waals surface area contributed by atoms with Gasteiger partial charge in [0, 0.05) is 12.8 Å². The van der Waals surface area contributed by atoms with Gasteiger partial charge in [-0.05, 0) is 61.2 Å². The first-order valence-corrected chi connectivity index (χ1v) is 9.38. The highest BCUT2D eigenvalue weighted by Gasteiger charge is 2.59. The molecular weight excluding hydrogens is 288 g/mol. The fourth-order valence-electron chi connectivity index (χ4n) is 5.29. The second kappa shape index (κ2) is 6.15. The summed E-state index contributed by atoms with van der Waals surface area (Å²) in [4.78, 5) is 12.3. The Morgan fingerprint density at radius 2 is 1.87 bits per heavy atom. The number of hydrogen-bond acceptors (Lipinski definition) is 3. The number of fused-ring (bicyclic) bond motifs is 1. The summed E-state index contributed by atoms with van der Waals surface area (Å²) in [5.74, 6) is 1.16. The minimum Gasteiger partial charge on any atom is -0.393 e. The zero-order valence-corrected chi connectivity index (χ0v) is 15.9. The Kier molecular flexibility index (Phi) is 5.06. The Morgan fingerprint density at radius 1 is 1.26 bits per heavy atom. The fraction of sp³-hybridized carbons (Fsp3) is 0.950. The molecule has 3 nitrogen and oxygen atoms in total. The van der Waals surface area contributed by atoms with Crippen molar-refractivity contribution < 1.29 is 15.0 Å². The lowest BCUT2D eigenvalue weighted by atomic mass is 9.44. The smallest absolute Gasteiger partial charge is 0.133 e. The van der Waals surface area contributed by atoms with Crippen molar-refractivity contribution in [1.29, 1.82) is 0 Å². The molecule has 1 unspecified atom stereocenters. The van der Waals surface area contributed by atoms with Gasteiger partial charge in [0.05, 0.1) is 11.7 Å². The highest BCUT2D eigenvalue weighted by molar-refractivity contribution is 5.80. The molecule has 0 bridgehead atoms. The molecule has 2 rings (SSSR count). The Morgan fingerprint density at radius 3 is 2.43 bits per heavy atom. The number of Topliss-reactive ketones (excluding diaryl/α,β-unsaturated/α-hetero) is 1. The third kappa shape index (κ3) is 3.24. The van der Waals surface area contributed by atoms with Crippen LogP contribution in [0.15, 0.2) is 0 Å². The van der Waals surface area contributed by atoms with Crippen molar-refractivity contribution in [3.63, 3.8) is 0 Å². The minimum absolute atomic E-state index is 0.0205. The highest BCUT2D eigenvalue weighted by Crippen LogP contribution is 2.62. The molecule has 2 fully saturated rings. The molecule has 3 heteroatoms. The number of aliphatic hydroxyl groups is 2. The number of ketones is 1. The molecule has 7 atom stereocenters. The van der Waals surface area contributed by atoms with Gasteiger partial charge in [0.15, 0.2) is 0 Å². The lowest BCUT2D eigenvalue weighted by Crippen LogP contribution is -2.58. The summed E-state index contributed by atoms with van der Waals surface area (Å²) >= 11 is 0. The molecule has 23 heavy (non-hydrogen) atoms. The third-order valence-electron chi connectivity index (χ3n) is 7.91. The van der Waals surface area contributed by atoms with Gasteiger partial charge >= 0.3 is 0 Å². The van der Waals surface area contributed by atoms with Crippen molar-refractivity contribution in [2.24, 2.45) is 28.6 Å². The van der Waals surface area contributed by atoms with Gasteiger partial charge in [0.25, 0.3) is 0 Å². The summed E-state index contributed by atoms with van der Waals surface area (Å²) in [5, 5.41) is 21.2. The second-order valence-electron chi connectivity index (χ2n) is 9.32. The molecule has 2 saturated carbocycles. The monoisotopic (exact) mass is 324 g/mol. The first kappa shape index (κ1) is 18.9. The molecule has 0 amide bonds. The largest absolute Gasteiger partial charge is 0.393 e. The average Bonchev–Trinajstić information content (AvgIpc) is 2.47. The molecule has 0 aromatic carbocycles. The first-order valence-electron chi connectivity index (χ1n) is 9.38. The predicted octanol–water partition coefficient (Wildman–Crippen LogP) is 3.96. The SMILES string of the molecule is CC[C@@](C)(O)CC[C@@]1(C)[C@H]2CC(=O)CC(C)[C@]2(C)C[C@H](O)[C@@H]1C. The van der Waals surface area contributed by atoms with E-state index in [0.29, 0.717) is 30.5 Å². The maximum Gasteiger partial charge on any atom is 0.133 e. The van der Waals surface area contributed by atoms with Crippen LogP contribution in [0, 0.1) is 28.6 Å². The Balaban J connectivity index is 2.35. The van der Waals surface area contributed by atoms with Crippen LogP contribution >= 0.6 is 0 Å². The van der Waals surface area contributed by atoms with Crippen LogP contribution in [0.5, 0.6) is 0 Å². The van der Waals surface area contributed by atoms with E-state index in [1.54, 1.807) is 0 Å². The molecule has 0 radical (unpaired) electrons. The van der Waals surface area contributed by atoms with Crippen LogP contribution < -0.4 is 0 Å². The van der Waals surface area contributed by atoms with E-state index < -0.39 is 5.60 Å². The van der Waals surface area contributed by atoms with Gasteiger partial charge in [-0.3, -0.25) is 4.79 Å². The van der Waals surface area contributed by atoms with Crippen molar-refractivity contribution in [3.8, 4) is 0 Å². The summed E-state index contributed by atoms with van der Waals surface area (Å²) in [6, 6.07) is 0. The molecule has 0 saturated heterocycles. The van der Waals surface area contributed by atoms with Gasteiger partial charge in [0.2, 0.25) is 0 Å².